The number of benzene rings is 1. The lowest BCUT2D eigenvalue weighted by Gasteiger charge is -2.29. The van der Waals surface area contributed by atoms with E-state index in [9.17, 15) is 9.59 Å². The van der Waals surface area contributed by atoms with E-state index in [1.807, 2.05) is 0 Å². The zero-order chi connectivity index (χ0) is 17.0. The van der Waals surface area contributed by atoms with Crippen molar-refractivity contribution < 1.29 is 14.3 Å². The van der Waals surface area contributed by atoms with Crippen LogP contribution in [-0.4, -0.2) is 24.0 Å². The second kappa shape index (κ2) is 7.59. The number of carbonyl (C=O) groups excluding carboxylic acids is 2. The van der Waals surface area contributed by atoms with Gasteiger partial charge in [0.1, 0.15) is 6.10 Å². The summed E-state index contributed by atoms with van der Waals surface area (Å²) in [5.41, 5.74) is 7.02. The number of ether oxygens (including phenoxy) is 1. The van der Waals surface area contributed by atoms with E-state index in [1.54, 1.807) is 32.0 Å². The summed E-state index contributed by atoms with van der Waals surface area (Å²) in [4.78, 5) is 23.7. The van der Waals surface area contributed by atoms with Crippen LogP contribution in [0.3, 0.4) is 0 Å². The molecule has 1 saturated carbocycles. The largest absolute Gasteiger partial charge is 0.366 e. The molecule has 0 radical (unpaired) electrons. The minimum atomic E-state index is -0.526. The second-order valence-electron chi connectivity index (χ2n) is 6.50. The summed E-state index contributed by atoms with van der Waals surface area (Å²) in [5, 5.41) is 2.83. The molecule has 2 amide bonds. The summed E-state index contributed by atoms with van der Waals surface area (Å²) in [7, 11) is 0. The first-order valence-corrected chi connectivity index (χ1v) is 8.24. The standard InChI is InChI=1S/C18H26N2O3/c1-11-6-4-7-14(10-11)23-13(3)18(22)20-16-9-5-8-15(12(16)2)17(19)21/h5,8-9,11,13-14H,4,6-7,10H2,1-3H3,(H2,19,21)(H,20,22)/t11-,13-,14-/m0/s1. The van der Waals surface area contributed by atoms with Gasteiger partial charge in [0.15, 0.2) is 0 Å². The van der Waals surface area contributed by atoms with E-state index in [-0.39, 0.29) is 12.0 Å². The molecule has 0 heterocycles. The summed E-state index contributed by atoms with van der Waals surface area (Å²) in [5.74, 6) is -0.0504. The summed E-state index contributed by atoms with van der Waals surface area (Å²) >= 11 is 0. The normalized spacial score (nSPS) is 22.4. The molecule has 0 saturated heterocycles. The Morgan fingerprint density at radius 3 is 2.74 bits per heavy atom. The van der Waals surface area contributed by atoms with Crippen LogP contribution in [0.1, 0.15) is 55.5 Å². The molecule has 3 N–H and O–H groups in total. The van der Waals surface area contributed by atoms with E-state index >= 15 is 0 Å². The molecule has 5 heteroatoms. The van der Waals surface area contributed by atoms with Gasteiger partial charge >= 0.3 is 0 Å². The quantitative estimate of drug-likeness (QED) is 0.875. The van der Waals surface area contributed by atoms with Gasteiger partial charge in [-0.3, -0.25) is 9.59 Å². The highest BCUT2D eigenvalue weighted by Gasteiger charge is 2.24. The van der Waals surface area contributed by atoms with Crippen molar-refractivity contribution >= 4 is 17.5 Å². The first kappa shape index (κ1) is 17.5. The van der Waals surface area contributed by atoms with Gasteiger partial charge in [0.05, 0.1) is 6.10 Å². The number of nitrogens with two attached hydrogens (primary N) is 1. The van der Waals surface area contributed by atoms with Gasteiger partial charge in [-0.05, 0) is 50.3 Å². The van der Waals surface area contributed by atoms with Crippen molar-refractivity contribution in [1.29, 1.82) is 0 Å². The van der Waals surface area contributed by atoms with Crippen LogP contribution in [0, 0.1) is 12.8 Å². The molecular weight excluding hydrogens is 292 g/mol. The van der Waals surface area contributed by atoms with Crippen molar-refractivity contribution in [3.05, 3.63) is 29.3 Å². The lowest BCUT2D eigenvalue weighted by Crippen LogP contribution is -2.34. The Morgan fingerprint density at radius 2 is 2.09 bits per heavy atom. The highest BCUT2D eigenvalue weighted by Crippen LogP contribution is 2.27. The lowest BCUT2D eigenvalue weighted by atomic mass is 9.88. The molecule has 1 aliphatic rings. The molecule has 2 rings (SSSR count). The van der Waals surface area contributed by atoms with Crippen LogP contribution in [0.2, 0.25) is 0 Å². The molecule has 0 aromatic heterocycles. The van der Waals surface area contributed by atoms with Crippen LogP contribution in [0.25, 0.3) is 0 Å². The third-order valence-electron chi connectivity index (χ3n) is 4.51. The average Bonchev–Trinajstić information content (AvgIpc) is 2.49. The van der Waals surface area contributed by atoms with Gasteiger partial charge in [0.25, 0.3) is 5.91 Å². The Bertz CT molecular complexity index is 586. The Hall–Kier alpha value is -1.88. The van der Waals surface area contributed by atoms with E-state index in [0.29, 0.717) is 22.7 Å². The van der Waals surface area contributed by atoms with Gasteiger partial charge in [0.2, 0.25) is 5.91 Å². The molecule has 126 valence electrons. The summed E-state index contributed by atoms with van der Waals surface area (Å²) in [6.45, 7) is 5.75. The Morgan fingerprint density at radius 1 is 1.35 bits per heavy atom. The lowest BCUT2D eigenvalue weighted by molar-refractivity contribution is -0.131. The van der Waals surface area contributed by atoms with Gasteiger partial charge in [-0.15, -0.1) is 0 Å². The van der Waals surface area contributed by atoms with Gasteiger partial charge in [-0.2, -0.15) is 0 Å². The molecule has 0 spiro atoms. The maximum absolute atomic E-state index is 12.3. The van der Waals surface area contributed by atoms with Crippen molar-refractivity contribution in [1.82, 2.24) is 0 Å². The van der Waals surface area contributed by atoms with Crippen molar-refractivity contribution in [2.24, 2.45) is 11.7 Å². The molecule has 0 unspecified atom stereocenters. The van der Waals surface area contributed by atoms with Gasteiger partial charge in [-0.1, -0.05) is 25.8 Å². The molecule has 23 heavy (non-hydrogen) atoms. The molecule has 5 nitrogen and oxygen atoms in total. The fraction of sp³-hybridized carbons (Fsp3) is 0.556. The molecule has 1 fully saturated rings. The molecule has 3 atom stereocenters. The fourth-order valence-electron chi connectivity index (χ4n) is 3.12. The third kappa shape index (κ3) is 4.55. The molecule has 1 aliphatic carbocycles. The van der Waals surface area contributed by atoms with E-state index < -0.39 is 12.0 Å². The maximum Gasteiger partial charge on any atom is 0.253 e. The summed E-state index contributed by atoms with van der Waals surface area (Å²) < 4.78 is 5.91. The Labute approximate surface area is 137 Å². The first-order chi connectivity index (χ1) is 10.9. The number of anilines is 1. The minimum absolute atomic E-state index is 0.151. The summed E-state index contributed by atoms with van der Waals surface area (Å²) in [6.07, 6.45) is 4.03. The SMILES string of the molecule is Cc1c(NC(=O)[C@H](C)O[C@H]2CCC[C@H](C)C2)cccc1C(N)=O. The van der Waals surface area contributed by atoms with Crippen LogP contribution in [0.4, 0.5) is 5.69 Å². The summed E-state index contributed by atoms with van der Waals surface area (Å²) in [6, 6.07) is 5.11. The topological polar surface area (TPSA) is 81.4 Å². The Balaban J connectivity index is 1.98. The highest BCUT2D eigenvalue weighted by atomic mass is 16.5. The van der Waals surface area contributed by atoms with Crippen molar-refractivity contribution in [2.75, 3.05) is 5.32 Å². The smallest absolute Gasteiger partial charge is 0.253 e. The van der Waals surface area contributed by atoms with Gasteiger partial charge in [-0.25, -0.2) is 0 Å². The van der Waals surface area contributed by atoms with Crippen LogP contribution in [0.15, 0.2) is 18.2 Å². The van der Waals surface area contributed by atoms with E-state index in [1.165, 1.54) is 6.42 Å². The van der Waals surface area contributed by atoms with E-state index in [2.05, 4.69) is 12.2 Å². The first-order valence-electron chi connectivity index (χ1n) is 8.24. The molecule has 1 aromatic rings. The highest BCUT2D eigenvalue weighted by molar-refractivity contribution is 5.99. The molecule has 0 aliphatic heterocycles. The van der Waals surface area contributed by atoms with Crippen molar-refractivity contribution in [3.63, 3.8) is 0 Å². The fourth-order valence-corrected chi connectivity index (χ4v) is 3.12. The van der Waals surface area contributed by atoms with Crippen LogP contribution in [-0.2, 0) is 9.53 Å². The minimum Gasteiger partial charge on any atom is -0.366 e. The van der Waals surface area contributed by atoms with Gasteiger partial charge in [0, 0.05) is 11.3 Å². The molecule has 0 bridgehead atoms. The van der Waals surface area contributed by atoms with E-state index in [4.69, 9.17) is 10.5 Å². The van der Waals surface area contributed by atoms with Crippen molar-refractivity contribution in [2.45, 2.75) is 58.7 Å². The third-order valence-corrected chi connectivity index (χ3v) is 4.51. The molecular formula is C18H26N2O3. The molecule has 1 aromatic carbocycles. The van der Waals surface area contributed by atoms with Crippen molar-refractivity contribution in [3.8, 4) is 0 Å². The zero-order valence-corrected chi connectivity index (χ0v) is 14.1. The van der Waals surface area contributed by atoms with Crippen LogP contribution >= 0.6 is 0 Å². The average molecular weight is 318 g/mol. The number of hydrogen-bond donors (Lipinski definition) is 2. The predicted octanol–water partition coefficient (Wildman–Crippen LogP) is 3.02. The number of nitrogens with one attached hydrogen (secondary N) is 1. The second-order valence-corrected chi connectivity index (χ2v) is 6.50. The van der Waals surface area contributed by atoms with Gasteiger partial charge < -0.3 is 15.8 Å². The number of amides is 2. The monoisotopic (exact) mass is 318 g/mol. The number of carbonyl (C=O) groups is 2. The number of rotatable bonds is 5. The van der Waals surface area contributed by atoms with Crippen LogP contribution < -0.4 is 11.1 Å². The van der Waals surface area contributed by atoms with Crippen LogP contribution in [0.5, 0.6) is 0 Å². The number of primary amides is 1. The Kier molecular flexibility index (Phi) is 5.77. The predicted molar refractivity (Wildman–Crippen MR) is 90.3 cm³/mol. The number of hydrogen-bond acceptors (Lipinski definition) is 3. The zero-order valence-electron chi connectivity index (χ0n) is 14.1. The van der Waals surface area contributed by atoms with E-state index in [0.717, 1.165) is 19.3 Å². The maximum atomic E-state index is 12.3.